The van der Waals surface area contributed by atoms with E-state index in [4.69, 9.17) is 4.74 Å². The average Bonchev–Trinajstić information content (AvgIpc) is 2.53. The van der Waals surface area contributed by atoms with E-state index in [0.717, 1.165) is 18.4 Å². The van der Waals surface area contributed by atoms with Crippen molar-refractivity contribution in [3.8, 4) is 5.75 Å². The fraction of sp³-hybridized carbons (Fsp3) is 0.278. The summed E-state index contributed by atoms with van der Waals surface area (Å²) in [6, 6.07) is 13.5. The van der Waals surface area contributed by atoms with Crippen molar-refractivity contribution >= 4 is 5.78 Å². The third-order valence-corrected chi connectivity index (χ3v) is 3.94. The Labute approximate surface area is 119 Å². The highest BCUT2D eigenvalue weighted by atomic mass is 16.5. The molecule has 2 aromatic carbocycles. The highest BCUT2D eigenvalue weighted by Crippen LogP contribution is 2.24. The van der Waals surface area contributed by atoms with Gasteiger partial charge in [0.1, 0.15) is 5.75 Å². The standard InChI is InChI=1S/C18H18O2/c1-20-17-8-4-7-15(12-17)18(19)16-10-9-13-5-2-3-6-14(13)11-16/h4,7-12H,2-3,5-6H2,1H3. The van der Waals surface area contributed by atoms with Crippen LogP contribution in [0.3, 0.4) is 0 Å². The lowest BCUT2D eigenvalue weighted by molar-refractivity contribution is 0.103. The van der Waals surface area contributed by atoms with Crippen LogP contribution in [-0.4, -0.2) is 12.9 Å². The van der Waals surface area contributed by atoms with Gasteiger partial charge in [0.2, 0.25) is 0 Å². The van der Waals surface area contributed by atoms with Crippen LogP contribution >= 0.6 is 0 Å². The number of carbonyl (C=O) groups excluding carboxylic acids is 1. The second-order valence-corrected chi connectivity index (χ2v) is 5.25. The number of methoxy groups -OCH3 is 1. The molecule has 0 saturated heterocycles. The van der Waals surface area contributed by atoms with Crippen molar-refractivity contribution in [2.75, 3.05) is 7.11 Å². The third-order valence-electron chi connectivity index (χ3n) is 3.94. The summed E-state index contributed by atoms with van der Waals surface area (Å²) in [5.74, 6) is 0.783. The normalized spacial score (nSPS) is 13.7. The fourth-order valence-corrected chi connectivity index (χ4v) is 2.81. The second kappa shape index (κ2) is 5.49. The summed E-state index contributed by atoms with van der Waals surface area (Å²) in [7, 11) is 1.61. The number of hydrogen-bond donors (Lipinski definition) is 0. The van der Waals surface area contributed by atoms with Crippen LogP contribution in [0.1, 0.15) is 39.9 Å². The van der Waals surface area contributed by atoms with Gasteiger partial charge in [-0.25, -0.2) is 0 Å². The topological polar surface area (TPSA) is 26.3 Å². The highest BCUT2D eigenvalue weighted by Gasteiger charge is 2.14. The summed E-state index contributed by atoms with van der Waals surface area (Å²) >= 11 is 0. The minimum absolute atomic E-state index is 0.0669. The Morgan fingerprint density at radius 1 is 0.950 bits per heavy atom. The van der Waals surface area contributed by atoms with E-state index in [1.807, 2.05) is 24.3 Å². The van der Waals surface area contributed by atoms with Gasteiger partial charge < -0.3 is 4.74 Å². The zero-order valence-electron chi connectivity index (χ0n) is 11.7. The van der Waals surface area contributed by atoms with Crippen LogP contribution in [0.15, 0.2) is 42.5 Å². The lowest BCUT2D eigenvalue weighted by Gasteiger charge is -2.16. The molecule has 2 aromatic rings. The third kappa shape index (κ3) is 2.46. The SMILES string of the molecule is COc1cccc(C(=O)c2ccc3c(c2)CCCC3)c1. The lowest BCUT2D eigenvalue weighted by atomic mass is 9.89. The first-order valence-corrected chi connectivity index (χ1v) is 7.08. The van der Waals surface area contributed by atoms with Crippen LogP contribution in [0, 0.1) is 0 Å². The van der Waals surface area contributed by atoms with E-state index < -0.39 is 0 Å². The number of fused-ring (bicyclic) bond motifs is 1. The molecule has 0 spiro atoms. The predicted octanol–water partition coefficient (Wildman–Crippen LogP) is 3.81. The van der Waals surface area contributed by atoms with Crippen LogP contribution in [-0.2, 0) is 12.8 Å². The lowest BCUT2D eigenvalue weighted by Crippen LogP contribution is -2.07. The van der Waals surface area contributed by atoms with Gasteiger partial charge in [0.25, 0.3) is 0 Å². The zero-order chi connectivity index (χ0) is 13.9. The largest absolute Gasteiger partial charge is 0.497 e. The quantitative estimate of drug-likeness (QED) is 0.790. The summed E-state index contributed by atoms with van der Waals surface area (Å²) in [5.41, 5.74) is 4.20. The number of carbonyl (C=O) groups is 1. The number of ether oxygens (including phenoxy) is 1. The number of hydrogen-bond acceptors (Lipinski definition) is 2. The molecule has 3 rings (SSSR count). The summed E-state index contributed by atoms with van der Waals surface area (Å²) < 4.78 is 5.18. The molecule has 1 aliphatic carbocycles. The Kier molecular flexibility index (Phi) is 3.55. The van der Waals surface area contributed by atoms with E-state index in [1.165, 1.54) is 24.0 Å². The first kappa shape index (κ1) is 12.9. The van der Waals surface area contributed by atoms with Gasteiger partial charge in [0.05, 0.1) is 7.11 Å². The van der Waals surface area contributed by atoms with Crippen LogP contribution < -0.4 is 4.74 Å². The molecule has 0 aromatic heterocycles. The van der Waals surface area contributed by atoms with Crippen LogP contribution in [0.2, 0.25) is 0 Å². The Hall–Kier alpha value is -2.09. The minimum atomic E-state index is 0.0669. The Bertz CT molecular complexity index is 644. The predicted molar refractivity (Wildman–Crippen MR) is 79.5 cm³/mol. The van der Waals surface area contributed by atoms with Crippen LogP contribution in [0.5, 0.6) is 5.75 Å². The molecule has 0 N–H and O–H groups in total. The first-order chi connectivity index (χ1) is 9.78. The molecular formula is C18H18O2. The molecule has 0 aliphatic heterocycles. The maximum Gasteiger partial charge on any atom is 0.193 e. The fourth-order valence-electron chi connectivity index (χ4n) is 2.81. The van der Waals surface area contributed by atoms with E-state index in [2.05, 4.69) is 12.1 Å². The summed E-state index contributed by atoms with van der Waals surface area (Å²) in [6.45, 7) is 0. The molecular weight excluding hydrogens is 248 g/mol. The van der Waals surface area contributed by atoms with Gasteiger partial charge >= 0.3 is 0 Å². The van der Waals surface area contributed by atoms with Crippen molar-refractivity contribution in [3.63, 3.8) is 0 Å². The molecule has 0 atom stereocenters. The molecule has 2 heteroatoms. The van der Waals surface area contributed by atoms with Gasteiger partial charge in [-0.15, -0.1) is 0 Å². The van der Waals surface area contributed by atoms with Gasteiger partial charge in [-0.3, -0.25) is 4.79 Å². The minimum Gasteiger partial charge on any atom is -0.497 e. The molecule has 0 radical (unpaired) electrons. The van der Waals surface area contributed by atoms with Gasteiger partial charge in [-0.1, -0.05) is 24.3 Å². The van der Waals surface area contributed by atoms with Gasteiger partial charge in [-0.05, 0) is 55.0 Å². The Balaban J connectivity index is 1.93. The molecule has 0 saturated carbocycles. The number of benzene rings is 2. The van der Waals surface area contributed by atoms with E-state index in [1.54, 1.807) is 13.2 Å². The monoisotopic (exact) mass is 266 g/mol. The summed E-state index contributed by atoms with van der Waals surface area (Å²) in [4.78, 5) is 12.5. The van der Waals surface area contributed by atoms with Gasteiger partial charge in [0, 0.05) is 11.1 Å². The maximum absolute atomic E-state index is 12.5. The smallest absolute Gasteiger partial charge is 0.193 e. The number of rotatable bonds is 3. The van der Waals surface area contributed by atoms with E-state index in [9.17, 15) is 4.79 Å². The van der Waals surface area contributed by atoms with Crippen molar-refractivity contribution in [2.24, 2.45) is 0 Å². The van der Waals surface area contributed by atoms with Gasteiger partial charge in [-0.2, -0.15) is 0 Å². The van der Waals surface area contributed by atoms with Crippen molar-refractivity contribution in [3.05, 3.63) is 64.7 Å². The molecule has 0 heterocycles. The molecule has 102 valence electrons. The van der Waals surface area contributed by atoms with Crippen molar-refractivity contribution < 1.29 is 9.53 Å². The number of ketones is 1. The molecule has 0 amide bonds. The van der Waals surface area contributed by atoms with E-state index >= 15 is 0 Å². The van der Waals surface area contributed by atoms with E-state index in [0.29, 0.717) is 11.3 Å². The summed E-state index contributed by atoms with van der Waals surface area (Å²) in [6.07, 6.45) is 4.72. The second-order valence-electron chi connectivity index (χ2n) is 5.25. The zero-order valence-corrected chi connectivity index (χ0v) is 11.7. The van der Waals surface area contributed by atoms with Crippen LogP contribution in [0.4, 0.5) is 0 Å². The number of aryl methyl sites for hydroxylation is 2. The molecule has 2 nitrogen and oxygen atoms in total. The molecule has 0 fully saturated rings. The van der Waals surface area contributed by atoms with Crippen molar-refractivity contribution in [1.82, 2.24) is 0 Å². The molecule has 1 aliphatic rings. The molecule has 0 unspecified atom stereocenters. The van der Waals surface area contributed by atoms with Gasteiger partial charge in [0.15, 0.2) is 5.78 Å². The van der Waals surface area contributed by atoms with Crippen LogP contribution in [0.25, 0.3) is 0 Å². The van der Waals surface area contributed by atoms with Crippen molar-refractivity contribution in [1.29, 1.82) is 0 Å². The Morgan fingerprint density at radius 2 is 1.70 bits per heavy atom. The highest BCUT2D eigenvalue weighted by molar-refractivity contribution is 6.09. The summed E-state index contributed by atoms with van der Waals surface area (Å²) in [5, 5.41) is 0. The average molecular weight is 266 g/mol. The Morgan fingerprint density at radius 3 is 2.50 bits per heavy atom. The van der Waals surface area contributed by atoms with E-state index in [-0.39, 0.29) is 5.78 Å². The maximum atomic E-state index is 12.5. The molecule has 0 bridgehead atoms. The first-order valence-electron chi connectivity index (χ1n) is 7.08. The van der Waals surface area contributed by atoms with Crippen molar-refractivity contribution in [2.45, 2.75) is 25.7 Å². The molecule has 20 heavy (non-hydrogen) atoms.